The molecule has 2 N–H and O–H groups in total. The third-order valence-corrected chi connectivity index (χ3v) is 4.44. The number of nitrogens with zero attached hydrogens (tertiary/aromatic N) is 4. The Morgan fingerprint density at radius 3 is 2.56 bits per heavy atom. The number of rotatable bonds is 6. The van der Waals surface area contributed by atoms with Gasteiger partial charge < -0.3 is 15.0 Å². The Labute approximate surface area is 154 Å². The molecule has 0 saturated heterocycles. The number of aliphatic hydroxyl groups excluding tert-OH is 1. The van der Waals surface area contributed by atoms with Crippen LogP contribution in [0.1, 0.15) is 5.56 Å². The standard InChI is InChI=1S/C18H21N5O4/c1-21-16-15(17(26)22(2)18(21)27)23(11-19-16)9-14(25)20-13(10-24)8-12-6-4-3-5-7-12/h3-7,11,13,24H,8-10H2,1-2H3,(H,20,25)/t13-/m1/s1. The summed E-state index contributed by atoms with van der Waals surface area (Å²) in [5.41, 5.74) is 0.401. The first-order valence-corrected chi connectivity index (χ1v) is 8.47. The third kappa shape index (κ3) is 3.68. The summed E-state index contributed by atoms with van der Waals surface area (Å²) in [6.07, 6.45) is 1.85. The number of hydrogen-bond acceptors (Lipinski definition) is 5. The maximum absolute atomic E-state index is 12.4. The van der Waals surface area contributed by atoms with Crippen molar-refractivity contribution in [3.05, 3.63) is 63.1 Å². The first-order valence-electron chi connectivity index (χ1n) is 8.47. The second-order valence-corrected chi connectivity index (χ2v) is 6.39. The smallest absolute Gasteiger partial charge is 0.332 e. The van der Waals surface area contributed by atoms with E-state index in [2.05, 4.69) is 10.3 Å². The fraction of sp³-hybridized carbons (Fsp3) is 0.333. The molecule has 1 aromatic carbocycles. The topological polar surface area (TPSA) is 111 Å². The number of fused-ring (bicyclic) bond motifs is 1. The largest absolute Gasteiger partial charge is 0.394 e. The van der Waals surface area contributed by atoms with Gasteiger partial charge in [-0.3, -0.25) is 18.7 Å². The zero-order valence-corrected chi connectivity index (χ0v) is 15.1. The van der Waals surface area contributed by atoms with Crippen molar-refractivity contribution in [1.82, 2.24) is 24.0 Å². The molecule has 1 amide bonds. The lowest BCUT2D eigenvalue weighted by molar-refractivity contribution is -0.122. The van der Waals surface area contributed by atoms with Gasteiger partial charge in [-0.15, -0.1) is 0 Å². The molecule has 2 aromatic heterocycles. The van der Waals surface area contributed by atoms with Crippen LogP contribution in [-0.2, 0) is 31.9 Å². The number of aliphatic hydroxyl groups is 1. The van der Waals surface area contributed by atoms with Crippen LogP contribution >= 0.6 is 0 Å². The second kappa shape index (κ2) is 7.58. The highest BCUT2D eigenvalue weighted by molar-refractivity contribution is 5.79. The molecule has 0 fully saturated rings. The first-order chi connectivity index (χ1) is 12.9. The Morgan fingerprint density at radius 2 is 1.89 bits per heavy atom. The number of carbonyl (C=O) groups excluding carboxylic acids is 1. The van der Waals surface area contributed by atoms with Crippen molar-refractivity contribution in [3.8, 4) is 0 Å². The van der Waals surface area contributed by atoms with Crippen molar-refractivity contribution >= 4 is 17.1 Å². The molecule has 1 atom stereocenters. The van der Waals surface area contributed by atoms with Crippen molar-refractivity contribution in [1.29, 1.82) is 0 Å². The van der Waals surface area contributed by atoms with Crippen LogP contribution in [0.5, 0.6) is 0 Å². The van der Waals surface area contributed by atoms with Gasteiger partial charge in [0.05, 0.1) is 19.0 Å². The monoisotopic (exact) mass is 371 g/mol. The highest BCUT2D eigenvalue weighted by atomic mass is 16.3. The molecule has 9 nitrogen and oxygen atoms in total. The van der Waals surface area contributed by atoms with Crippen LogP contribution in [0.25, 0.3) is 11.2 Å². The number of aromatic nitrogens is 4. The zero-order chi connectivity index (χ0) is 19.6. The molecule has 142 valence electrons. The molecule has 2 heterocycles. The van der Waals surface area contributed by atoms with Crippen LogP contribution in [0.2, 0.25) is 0 Å². The van der Waals surface area contributed by atoms with Crippen molar-refractivity contribution in [2.45, 2.75) is 19.0 Å². The van der Waals surface area contributed by atoms with Crippen LogP contribution in [0.3, 0.4) is 0 Å². The van der Waals surface area contributed by atoms with Crippen molar-refractivity contribution < 1.29 is 9.90 Å². The first kappa shape index (κ1) is 18.6. The molecule has 0 saturated carbocycles. The van der Waals surface area contributed by atoms with E-state index in [9.17, 15) is 19.5 Å². The Bertz CT molecular complexity index is 1080. The summed E-state index contributed by atoms with van der Waals surface area (Å²) < 4.78 is 3.64. The maximum atomic E-state index is 12.4. The fourth-order valence-corrected chi connectivity index (χ4v) is 3.00. The third-order valence-electron chi connectivity index (χ3n) is 4.44. The van der Waals surface area contributed by atoms with Crippen molar-refractivity contribution in [2.75, 3.05) is 6.61 Å². The van der Waals surface area contributed by atoms with Gasteiger partial charge in [-0.05, 0) is 12.0 Å². The Hall–Kier alpha value is -3.20. The molecule has 0 aliphatic heterocycles. The number of hydrogen-bond donors (Lipinski definition) is 2. The van der Waals surface area contributed by atoms with E-state index in [1.54, 1.807) is 0 Å². The Morgan fingerprint density at radius 1 is 1.19 bits per heavy atom. The van der Waals surface area contributed by atoms with E-state index in [1.165, 1.54) is 29.6 Å². The van der Waals surface area contributed by atoms with Gasteiger partial charge in [0, 0.05) is 14.1 Å². The molecule has 0 spiro atoms. The van der Waals surface area contributed by atoms with Crippen LogP contribution in [0.15, 0.2) is 46.2 Å². The number of benzene rings is 1. The minimum Gasteiger partial charge on any atom is -0.394 e. The summed E-state index contributed by atoms with van der Waals surface area (Å²) in [7, 11) is 2.90. The molecule has 3 aromatic rings. The summed E-state index contributed by atoms with van der Waals surface area (Å²) in [5.74, 6) is -0.361. The average molecular weight is 371 g/mol. The molecular formula is C18H21N5O4. The van der Waals surface area contributed by atoms with E-state index in [4.69, 9.17) is 0 Å². The number of amides is 1. The van der Waals surface area contributed by atoms with Gasteiger partial charge in [-0.25, -0.2) is 9.78 Å². The second-order valence-electron chi connectivity index (χ2n) is 6.39. The number of aryl methyl sites for hydroxylation is 1. The Kier molecular flexibility index (Phi) is 5.22. The quantitative estimate of drug-likeness (QED) is 0.587. The van der Waals surface area contributed by atoms with E-state index >= 15 is 0 Å². The normalized spacial score (nSPS) is 12.3. The van der Waals surface area contributed by atoms with Gasteiger partial charge in [-0.1, -0.05) is 30.3 Å². The molecule has 0 radical (unpaired) electrons. The SMILES string of the molecule is Cn1c(=O)c2c(ncn2CC(=O)N[C@@H](CO)Cc2ccccc2)n(C)c1=O. The van der Waals surface area contributed by atoms with Crippen LogP contribution < -0.4 is 16.6 Å². The maximum Gasteiger partial charge on any atom is 0.332 e. The minimum atomic E-state index is -0.513. The van der Waals surface area contributed by atoms with E-state index in [-0.39, 0.29) is 30.2 Å². The Balaban J connectivity index is 1.80. The number of imidazole rings is 1. The van der Waals surface area contributed by atoms with E-state index in [0.29, 0.717) is 6.42 Å². The predicted molar refractivity (Wildman–Crippen MR) is 99.4 cm³/mol. The zero-order valence-electron chi connectivity index (χ0n) is 15.1. The number of carbonyl (C=O) groups is 1. The summed E-state index contributed by atoms with van der Waals surface area (Å²) >= 11 is 0. The van der Waals surface area contributed by atoms with Gasteiger partial charge in [0.1, 0.15) is 6.54 Å². The van der Waals surface area contributed by atoms with E-state index in [1.807, 2.05) is 30.3 Å². The summed E-state index contributed by atoms with van der Waals surface area (Å²) in [4.78, 5) is 40.9. The average Bonchev–Trinajstić information content (AvgIpc) is 3.08. The lowest BCUT2D eigenvalue weighted by Gasteiger charge is -2.16. The van der Waals surface area contributed by atoms with Gasteiger partial charge in [0.25, 0.3) is 5.56 Å². The minimum absolute atomic E-state index is 0.144. The van der Waals surface area contributed by atoms with Crippen LogP contribution in [0, 0.1) is 0 Å². The molecule has 27 heavy (non-hydrogen) atoms. The molecule has 3 rings (SSSR count). The van der Waals surface area contributed by atoms with Gasteiger partial charge in [0.2, 0.25) is 5.91 Å². The lowest BCUT2D eigenvalue weighted by Crippen LogP contribution is -2.41. The van der Waals surface area contributed by atoms with E-state index in [0.717, 1.165) is 10.1 Å². The highest BCUT2D eigenvalue weighted by Gasteiger charge is 2.17. The summed E-state index contributed by atoms with van der Waals surface area (Å²) in [5, 5.41) is 12.3. The molecule has 0 aliphatic rings. The highest BCUT2D eigenvalue weighted by Crippen LogP contribution is 2.06. The van der Waals surface area contributed by atoms with Crippen LogP contribution in [0.4, 0.5) is 0 Å². The lowest BCUT2D eigenvalue weighted by atomic mass is 10.1. The number of nitrogens with one attached hydrogen (secondary N) is 1. The van der Waals surface area contributed by atoms with E-state index < -0.39 is 17.3 Å². The molecule has 0 unspecified atom stereocenters. The summed E-state index contributed by atoms with van der Waals surface area (Å²) in [6.45, 7) is -0.350. The molecule has 0 aliphatic carbocycles. The van der Waals surface area contributed by atoms with Crippen molar-refractivity contribution in [3.63, 3.8) is 0 Å². The molecule has 0 bridgehead atoms. The van der Waals surface area contributed by atoms with Gasteiger partial charge in [-0.2, -0.15) is 0 Å². The molecule has 9 heteroatoms. The van der Waals surface area contributed by atoms with Crippen molar-refractivity contribution in [2.24, 2.45) is 14.1 Å². The molecular weight excluding hydrogens is 350 g/mol. The van der Waals surface area contributed by atoms with Gasteiger partial charge in [0.15, 0.2) is 11.2 Å². The fourth-order valence-electron chi connectivity index (χ4n) is 3.00. The summed E-state index contributed by atoms with van der Waals surface area (Å²) in [6, 6.07) is 9.08. The van der Waals surface area contributed by atoms with Gasteiger partial charge >= 0.3 is 5.69 Å². The van der Waals surface area contributed by atoms with Crippen LogP contribution in [-0.4, -0.2) is 42.3 Å². The predicted octanol–water partition coefficient (Wildman–Crippen LogP) is -0.846.